The molecule has 0 aliphatic rings. The smallest absolute Gasteiger partial charge is 0.164 e. The summed E-state index contributed by atoms with van der Waals surface area (Å²) >= 11 is 0. The summed E-state index contributed by atoms with van der Waals surface area (Å²) < 4.78 is 84.5. The lowest BCUT2D eigenvalue weighted by Crippen LogP contribution is -2.00. The summed E-state index contributed by atoms with van der Waals surface area (Å²) in [6.07, 6.45) is 0. The van der Waals surface area contributed by atoms with Gasteiger partial charge in [0.15, 0.2) is 17.5 Å². The third-order valence-corrected chi connectivity index (χ3v) is 8.87. The highest BCUT2D eigenvalue weighted by Gasteiger charge is 2.16. The minimum atomic E-state index is -0.506. The SMILES string of the molecule is [2H]c1c([2H])c([2H])c(-c2ccc3c(c2)c2c([2H])c([2H])c([2H])c([2H])c2n3-c2ccc(-c3nc(-c4ccccc4)nc(-c4ccc5oc6ccccc6c5c4)n3)cc2)c([2H])c1[2H]. The molecule has 3 aromatic heterocycles. The van der Waals surface area contributed by atoms with E-state index in [0.717, 1.165) is 33.1 Å². The number of hydrogen-bond donors (Lipinski definition) is 0. The summed E-state index contributed by atoms with van der Waals surface area (Å²) in [4.78, 5) is 14.7. The highest BCUT2D eigenvalue weighted by atomic mass is 16.3. The minimum absolute atomic E-state index is 0.00591. The quantitative estimate of drug-likeness (QED) is 0.186. The molecule has 0 radical (unpaired) electrons. The number of hydrogen-bond acceptors (Lipinski definition) is 4. The van der Waals surface area contributed by atoms with Gasteiger partial charge in [0.2, 0.25) is 0 Å². The molecule has 50 heavy (non-hydrogen) atoms. The Morgan fingerprint density at radius 2 is 1.04 bits per heavy atom. The molecule has 5 heteroatoms. The average Bonchev–Trinajstić information content (AvgIpc) is 3.82. The summed E-state index contributed by atoms with van der Waals surface area (Å²) in [5.41, 5.74) is 5.47. The van der Waals surface area contributed by atoms with Crippen molar-refractivity contribution in [1.82, 2.24) is 19.5 Å². The lowest BCUT2D eigenvalue weighted by molar-refractivity contribution is 0.669. The lowest BCUT2D eigenvalue weighted by atomic mass is 10.0. The van der Waals surface area contributed by atoms with E-state index in [1.807, 2.05) is 97.1 Å². The van der Waals surface area contributed by atoms with Crippen LogP contribution in [0.5, 0.6) is 0 Å². The van der Waals surface area contributed by atoms with Crippen LogP contribution in [0.4, 0.5) is 0 Å². The number of nitrogens with zero attached hydrogens (tertiary/aromatic N) is 4. The normalized spacial score (nSPS) is 14.1. The van der Waals surface area contributed by atoms with Gasteiger partial charge in [-0.05, 0) is 77.8 Å². The van der Waals surface area contributed by atoms with Crippen molar-refractivity contribution < 1.29 is 16.8 Å². The molecule has 0 aliphatic heterocycles. The number of para-hydroxylation sites is 2. The predicted octanol–water partition coefficient (Wildman–Crippen LogP) is 11.5. The van der Waals surface area contributed by atoms with Crippen molar-refractivity contribution in [2.24, 2.45) is 0 Å². The Bertz CT molecular complexity index is 3350. The van der Waals surface area contributed by atoms with E-state index >= 15 is 0 Å². The third kappa shape index (κ3) is 4.67. The molecule has 5 nitrogen and oxygen atoms in total. The topological polar surface area (TPSA) is 56.7 Å². The molecule has 0 aliphatic carbocycles. The van der Waals surface area contributed by atoms with Crippen molar-refractivity contribution in [3.63, 3.8) is 0 Å². The molecule has 0 unspecified atom stereocenters. The zero-order chi connectivity index (χ0) is 40.9. The van der Waals surface area contributed by atoms with Crippen LogP contribution >= 0.6 is 0 Å². The van der Waals surface area contributed by atoms with Gasteiger partial charge in [-0.3, -0.25) is 0 Å². The first-order valence-electron chi connectivity index (χ1n) is 20.5. The maximum absolute atomic E-state index is 9.01. The van der Waals surface area contributed by atoms with E-state index in [2.05, 4.69) is 0 Å². The molecule has 0 spiro atoms. The van der Waals surface area contributed by atoms with Crippen molar-refractivity contribution >= 4 is 43.7 Å². The van der Waals surface area contributed by atoms with E-state index < -0.39 is 30.2 Å². The van der Waals surface area contributed by atoms with Gasteiger partial charge in [0.1, 0.15) is 11.2 Å². The number of furan rings is 1. The average molecular weight is 650 g/mol. The fourth-order valence-electron chi connectivity index (χ4n) is 6.51. The Morgan fingerprint density at radius 3 is 1.86 bits per heavy atom. The third-order valence-electron chi connectivity index (χ3n) is 8.87. The van der Waals surface area contributed by atoms with Crippen LogP contribution in [0.3, 0.4) is 0 Å². The second-order valence-electron chi connectivity index (χ2n) is 11.8. The van der Waals surface area contributed by atoms with Crippen LogP contribution in [0.1, 0.15) is 12.3 Å². The van der Waals surface area contributed by atoms with Gasteiger partial charge >= 0.3 is 0 Å². The maximum atomic E-state index is 9.01. The Labute approximate surface area is 300 Å². The fraction of sp³-hybridized carbons (Fsp3) is 0. The van der Waals surface area contributed by atoms with Crippen LogP contribution in [-0.4, -0.2) is 19.5 Å². The summed E-state index contributed by atoms with van der Waals surface area (Å²) in [6, 6.07) is 32.2. The summed E-state index contributed by atoms with van der Waals surface area (Å²) in [6.45, 7) is 0. The van der Waals surface area contributed by atoms with Crippen LogP contribution in [0.2, 0.25) is 0 Å². The summed E-state index contributed by atoms with van der Waals surface area (Å²) in [5, 5.41) is 2.59. The Hall–Kier alpha value is -6.85. The van der Waals surface area contributed by atoms with E-state index in [0.29, 0.717) is 45.2 Å². The monoisotopic (exact) mass is 649 g/mol. The Balaban J connectivity index is 1.14. The molecule has 7 aromatic carbocycles. The molecule has 3 heterocycles. The molecule has 234 valence electrons. The van der Waals surface area contributed by atoms with Crippen molar-refractivity contribution in [2.45, 2.75) is 0 Å². The van der Waals surface area contributed by atoms with Crippen molar-refractivity contribution in [2.75, 3.05) is 0 Å². The predicted molar refractivity (Wildman–Crippen MR) is 203 cm³/mol. The van der Waals surface area contributed by atoms with Gasteiger partial charge in [-0.25, -0.2) is 15.0 Å². The molecule has 10 rings (SSSR count). The first-order valence-corrected chi connectivity index (χ1v) is 16.0. The van der Waals surface area contributed by atoms with Gasteiger partial charge in [0.05, 0.1) is 23.4 Å². The summed E-state index contributed by atoms with van der Waals surface area (Å²) in [5.74, 6) is 1.38. The molecule has 0 bridgehead atoms. The molecule has 10 aromatic rings. The van der Waals surface area contributed by atoms with Crippen LogP contribution in [0.25, 0.3) is 94.7 Å². The fourth-order valence-corrected chi connectivity index (χ4v) is 6.51. The molecule has 0 N–H and O–H groups in total. The number of benzene rings is 7. The van der Waals surface area contributed by atoms with Crippen LogP contribution in [-0.2, 0) is 0 Å². The molecule has 0 atom stereocenters. The first-order chi connectivity index (χ1) is 28.5. The van der Waals surface area contributed by atoms with E-state index in [4.69, 9.17) is 31.7 Å². The van der Waals surface area contributed by atoms with Crippen LogP contribution in [0, 0.1) is 0 Å². The second kappa shape index (κ2) is 11.4. The van der Waals surface area contributed by atoms with E-state index in [-0.39, 0.29) is 40.6 Å². The standard InChI is InChI=1S/C45H28N4O/c1-3-11-29(12-4-1)32-21-25-40-37(27-32)35-15-7-9-17-39(35)49(40)34-23-19-31(20-24-34)44-46-43(30-13-5-2-6-14-30)47-45(48-44)33-22-26-42-38(28-33)36-16-8-10-18-41(36)50-42/h1-28H/i1D,3D,4D,7D,9D,11D,12D,15D,17D. The van der Waals surface area contributed by atoms with Crippen molar-refractivity contribution in [1.29, 1.82) is 0 Å². The van der Waals surface area contributed by atoms with Gasteiger partial charge in [-0.1, -0.05) is 103 Å². The maximum Gasteiger partial charge on any atom is 0.164 e. The van der Waals surface area contributed by atoms with Gasteiger partial charge in [-0.15, -0.1) is 0 Å². The molecule has 0 fully saturated rings. The summed E-state index contributed by atoms with van der Waals surface area (Å²) in [7, 11) is 0. The molecular weight excluding hydrogens is 613 g/mol. The lowest BCUT2D eigenvalue weighted by Gasteiger charge is -2.11. The highest BCUT2D eigenvalue weighted by Crippen LogP contribution is 2.36. The molecular formula is C45H28N4O. The van der Waals surface area contributed by atoms with Crippen LogP contribution in [0.15, 0.2) is 174 Å². The van der Waals surface area contributed by atoms with E-state index in [1.54, 1.807) is 22.8 Å². The first kappa shape index (κ1) is 20.5. The van der Waals surface area contributed by atoms with Gasteiger partial charge < -0.3 is 8.98 Å². The van der Waals surface area contributed by atoms with Crippen molar-refractivity contribution in [3.8, 4) is 51.0 Å². The molecule has 0 amide bonds. The van der Waals surface area contributed by atoms with Gasteiger partial charge in [-0.2, -0.15) is 0 Å². The zero-order valence-electron chi connectivity index (χ0n) is 35.2. The number of aromatic nitrogens is 4. The van der Waals surface area contributed by atoms with Crippen LogP contribution < -0.4 is 0 Å². The van der Waals surface area contributed by atoms with Gasteiger partial charge in [0.25, 0.3) is 0 Å². The second-order valence-corrected chi connectivity index (χ2v) is 11.8. The molecule has 0 saturated carbocycles. The zero-order valence-corrected chi connectivity index (χ0v) is 26.2. The number of rotatable bonds is 5. The van der Waals surface area contributed by atoms with Crippen molar-refractivity contribution in [3.05, 3.63) is 170 Å². The molecule has 0 saturated heterocycles. The minimum Gasteiger partial charge on any atom is -0.456 e. The Morgan fingerprint density at radius 1 is 0.420 bits per heavy atom. The van der Waals surface area contributed by atoms with Gasteiger partial charge in [0, 0.05) is 43.9 Å². The number of fused-ring (bicyclic) bond motifs is 6. The Kier molecular flexibility index (Phi) is 4.67. The highest BCUT2D eigenvalue weighted by molar-refractivity contribution is 6.10. The largest absolute Gasteiger partial charge is 0.456 e. The van der Waals surface area contributed by atoms with E-state index in [1.165, 1.54) is 0 Å². The van der Waals surface area contributed by atoms with E-state index in [9.17, 15) is 0 Å².